The Kier molecular flexibility index (Phi) is 9.56. The normalized spacial score (nSPS) is 23.3. The molecule has 33 heavy (non-hydrogen) atoms. The summed E-state index contributed by atoms with van der Waals surface area (Å²) < 4.78 is 12.0. The number of aromatic nitrogens is 1. The van der Waals surface area contributed by atoms with Gasteiger partial charge in [-0.1, -0.05) is 44.0 Å². The number of nitrogens with one attached hydrogen (secondary N) is 1. The molecule has 0 aliphatic carbocycles. The van der Waals surface area contributed by atoms with E-state index in [0.717, 1.165) is 49.7 Å². The van der Waals surface area contributed by atoms with E-state index in [9.17, 15) is 9.59 Å². The molecular weight excluding hydrogens is 431 g/mol. The van der Waals surface area contributed by atoms with Gasteiger partial charge in [-0.3, -0.25) is 9.59 Å². The molecular formula is C25H33N2NaO5. The van der Waals surface area contributed by atoms with Gasteiger partial charge in [-0.15, -0.1) is 0 Å². The Hall–Kier alpha value is -1.67. The van der Waals surface area contributed by atoms with Crippen molar-refractivity contribution in [3.05, 3.63) is 53.2 Å². The van der Waals surface area contributed by atoms with Gasteiger partial charge in [-0.25, -0.2) is 4.98 Å². The fourth-order valence-corrected chi connectivity index (χ4v) is 5.08. The van der Waals surface area contributed by atoms with Crippen LogP contribution in [0.2, 0.25) is 0 Å². The van der Waals surface area contributed by atoms with Crippen LogP contribution in [0.25, 0.3) is 0 Å². The van der Waals surface area contributed by atoms with E-state index in [0.29, 0.717) is 24.6 Å². The monoisotopic (exact) mass is 464 g/mol. The van der Waals surface area contributed by atoms with Crippen molar-refractivity contribution >= 4 is 11.9 Å². The Balaban J connectivity index is 0.00000204. The van der Waals surface area contributed by atoms with Gasteiger partial charge in [-0.2, -0.15) is 0 Å². The molecule has 3 heterocycles. The number of aryl methyl sites for hydroxylation is 1. The third-order valence-electron chi connectivity index (χ3n) is 6.71. The number of fused-ring (bicyclic) bond motifs is 2. The Labute approximate surface area is 218 Å². The quantitative estimate of drug-likeness (QED) is 0.383. The molecule has 0 saturated carbocycles. The molecule has 1 amide bonds. The van der Waals surface area contributed by atoms with Crippen molar-refractivity contribution in [1.29, 1.82) is 0 Å². The summed E-state index contributed by atoms with van der Waals surface area (Å²) in [7, 11) is 0. The molecule has 1 aromatic carbocycles. The standard InChI is InChI=1S/C25H32N2O5.Na.H/c1-2-3-6-13-26-24(30)19-15-31-25(27-19)23-18(20-10-11-21(23)32-20)14-17-8-5-4-7-16(17)9-12-22(28)29;;/h4-5,7-8,15,18,20-21,23H,2-3,6,9-14H2,1H3,(H,26,30)(H,28,29);;/q;+1;-1/t18-,20-,21?,23-;;/m0../s1. The maximum absolute atomic E-state index is 12.4. The van der Waals surface area contributed by atoms with Gasteiger partial charge in [0.1, 0.15) is 6.26 Å². The number of nitrogens with zero attached hydrogens (tertiary/aromatic N) is 1. The van der Waals surface area contributed by atoms with E-state index >= 15 is 0 Å². The zero-order valence-corrected chi connectivity index (χ0v) is 21.6. The van der Waals surface area contributed by atoms with Gasteiger partial charge in [0.05, 0.1) is 18.1 Å². The third kappa shape index (κ3) is 6.27. The average Bonchev–Trinajstić information content (AvgIpc) is 3.52. The summed E-state index contributed by atoms with van der Waals surface area (Å²) in [6.07, 6.45) is 8.17. The maximum atomic E-state index is 12.4. The van der Waals surface area contributed by atoms with Crippen LogP contribution >= 0.6 is 0 Å². The molecule has 0 spiro atoms. The predicted molar refractivity (Wildman–Crippen MR) is 120 cm³/mol. The van der Waals surface area contributed by atoms with Gasteiger partial charge in [0.15, 0.2) is 5.69 Å². The number of ether oxygens (including phenoxy) is 1. The second-order valence-electron chi connectivity index (χ2n) is 8.88. The minimum atomic E-state index is -0.791. The Morgan fingerprint density at radius 3 is 2.70 bits per heavy atom. The van der Waals surface area contributed by atoms with Crippen LogP contribution in [0.5, 0.6) is 0 Å². The first-order chi connectivity index (χ1) is 15.6. The van der Waals surface area contributed by atoms with Crippen molar-refractivity contribution in [1.82, 2.24) is 10.3 Å². The molecule has 4 atom stereocenters. The minimum Gasteiger partial charge on any atom is -1.00 e. The molecule has 2 fully saturated rings. The minimum absolute atomic E-state index is 0. The number of benzene rings is 1. The average molecular weight is 465 g/mol. The number of carboxylic acid groups (broad SMARTS) is 1. The van der Waals surface area contributed by atoms with Gasteiger partial charge in [0, 0.05) is 18.9 Å². The molecule has 8 heteroatoms. The summed E-state index contributed by atoms with van der Waals surface area (Å²) >= 11 is 0. The Bertz CT molecular complexity index is 953. The van der Waals surface area contributed by atoms with E-state index < -0.39 is 5.97 Å². The van der Waals surface area contributed by atoms with Gasteiger partial charge in [-0.05, 0) is 43.2 Å². The molecule has 2 N–H and O–H groups in total. The molecule has 1 aromatic heterocycles. The van der Waals surface area contributed by atoms with Crippen molar-refractivity contribution in [2.75, 3.05) is 6.54 Å². The number of amides is 1. The van der Waals surface area contributed by atoms with Crippen LogP contribution < -0.4 is 34.9 Å². The summed E-state index contributed by atoms with van der Waals surface area (Å²) in [4.78, 5) is 28.0. The van der Waals surface area contributed by atoms with Crippen molar-refractivity contribution < 1.29 is 54.8 Å². The molecule has 2 bridgehead atoms. The third-order valence-corrected chi connectivity index (χ3v) is 6.71. The van der Waals surface area contributed by atoms with Crippen LogP contribution in [-0.2, 0) is 22.4 Å². The van der Waals surface area contributed by atoms with Gasteiger partial charge in [0.2, 0.25) is 5.89 Å². The first kappa shape index (κ1) is 25.9. The van der Waals surface area contributed by atoms with E-state index in [4.69, 9.17) is 14.3 Å². The molecule has 2 aliphatic rings. The molecule has 2 aliphatic heterocycles. The van der Waals surface area contributed by atoms with Crippen molar-refractivity contribution in [2.45, 2.75) is 76.4 Å². The van der Waals surface area contributed by atoms with Crippen molar-refractivity contribution in [3.63, 3.8) is 0 Å². The smallest absolute Gasteiger partial charge is 1.00 e. The number of aliphatic carboxylic acids is 1. The van der Waals surface area contributed by atoms with Crippen LogP contribution in [0, 0.1) is 5.92 Å². The predicted octanol–water partition coefficient (Wildman–Crippen LogP) is 1.23. The summed E-state index contributed by atoms with van der Waals surface area (Å²) in [6, 6.07) is 8.03. The first-order valence-corrected chi connectivity index (χ1v) is 11.7. The number of unbranched alkanes of at least 4 members (excludes halogenated alkanes) is 2. The van der Waals surface area contributed by atoms with Crippen LogP contribution in [0.3, 0.4) is 0 Å². The van der Waals surface area contributed by atoms with Crippen LogP contribution in [0.4, 0.5) is 0 Å². The SMILES string of the molecule is CCCCCNC(=O)c1coc([C@@H]2C3CC[C@H](O3)[C@@H]2Cc2ccccc2CCC(=O)O)n1.[H-].[Na+]. The summed E-state index contributed by atoms with van der Waals surface area (Å²) in [5.41, 5.74) is 2.54. The largest absolute Gasteiger partial charge is 1.00 e. The number of carbonyl (C=O) groups excluding carboxylic acids is 1. The zero-order valence-electron chi connectivity index (χ0n) is 20.6. The molecule has 4 rings (SSSR count). The first-order valence-electron chi connectivity index (χ1n) is 11.7. The molecule has 1 unspecified atom stereocenters. The van der Waals surface area contributed by atoms with E-state index in [1.54, 1.807) is 0 Å². The Morgan fingerprint density at radius 1 is 1.18 bits per heavy atom. The molecule has 2 saturated heterocycles. The number of carboxylic acids is 1. The number of carbonyl (C=O) groups is 2. The molecule has 174 valence electrons. The summed E-state index contributed by atoms with van der Waals surface area (Å²) in [6.45, 7) is 2.77. The summed E-state index contributed by atoms with van der Waals surface area (Å²) in [5, 5.41) is 12.0. The van der Waals surface area contributed by atoms with Gasteiger partial charge >= 0.3 is 35.5 Å². The van der Waals surface area contributed by atoms with Crippen molar-refractivity contribution in [3.8, 4) is 0 Å². The van der Waals surface area contributed by atoms with Crippen molar-refractivity contribution in [2.24, 2.45) is 5.92 Å². The number of hydrogen-bond donors (Lipinski definition) is 2. The topological polar surface area (TPSA) is 102 Å². The number of oxazole rings is 1. The summed E-state index contributed by atoms with van der Waals surface area (Å²) in [5.74, 6) is -0.220. The second kappa shape index (κ2) is 12.2. The van der Waals surface area contributed by atoms with E-state index in [1.165, 1.54) is 6.26 Å². The second-order valence-corrected chi connectivity index (χ2v) is 8.88. The molecule has 0 radical (unpaired) electrons. The van der Waals surface area contributed by atoms with Gasteiger partial charge in [0.25, 0.3) is 5.91 Å². The van der Waals surface area contributed by atoms with E-state index in [1.807, 2.05) is 18.2 Å². The fraction of sp³-hybridized carbons (Fsp3) is 0.560. The van der Waals surface area contributed by atoms with E-state index in [-0.39, 0.29) is 67.4 Å². The van der Waals surface area contributed by atoms with Crippen LogP contribution in [0.15, 0.2) is 34.9 Å². The number of hydrogen-bond acceptors (Lipinski definition) is 5. The zero-order chi connectivity index (χ0) is 22.5. The molecule has 2 aromatic rings. The maximum Gasteiger partial charge on any atom is 1.00 e. The number of rotatable bonds is 11. The Morgan fingerprint density at radius 2 is 1.94 bits per heavy atom. The fourth-order valence-electron chi connectivity index (χ4n) is 5.08. The van der Waals surface area contributed by atoms with Gasteiger partial charge < -0.3 is 21.0 Å². The van der Waals surface area contributed by atoms with Crippen LogP contribution in [0.1, 0.15) is 80.3 Å². The van der Waals surface area contributed by atoms with Crippen LogP contribution in [-0.4, -0.2) is 40.7 Å². The molecule has 7 nitrogen and oxygen atoms in total. The van der Waals surface area contributed by atoms with E-state index in [2.05, 4.69) is 23.3 Å².